The molecule has 4 nitrogen and oxygen atoms in total. The van der Waals surface area contributed by atoms with E-state index < -0.39 is 18.0 Å². The molecule has 0 fully saturated rings. The first-order valence-corrected chi connectivity index (χ1v) is 5.82. The minimum absolute atomic E-state index is 0.144. The van der Waals surface area contributed by atoms with Crippen LogP contribution in [0.2, 0.25) is 0 Å². The highest BCUT2D eigenvalue weighted by molar-refractivity contribution is 9.10. The van der Waals surface area contributed by atoms with Crippen molar-refractivity contribution >= 4 is 21.9 Å². The molecule has 7 heteroatoms. The van der Waals surface area contributed by atoms with Crippen LogP contribution in [0.5, 0.6) is 0 Å². The second-order valence-corrected chi connectivity index (χ2v) is 4.06. The van der Waals surface area contributed by atoms with E-state index in [9.17, 15) is 13.6 Å². The van der Waals surface area contributed by atoms with E-state index in [0.29, 0.717) is 0 Å². The standard InChI is InChI=1S/C11H9BrF2N2O2/c1-2-18-9(17)4-7-10(11(13)14)6(5-15)3-8(12)16-7/h3,11H,2,4H2,1H3. The van der Waals surface area contributed by atoms with Crippen molar-refractivity contribution in [2.24, 2.45) is 0 Å². The fourth-order valence-corrected chi connectivity index (χ4v) is 1.84. The van der Waals surface area contributed by atoms with Crippen molar-refractivity contribution in [1.82, 2.24) is 4.98 Å². The number of halogens is 3. The van der Waals surface area contributed by atoms with Gasteiger partial charge in [0, 0.05) is 0 Å². The summed E-state index contributed by atoms with van der Waals surface area (Å²) in [6.45, 7) is 1.77. The van der Waals surface area contributed by atoms with Crippen molar-refractivity contribution in [3.63, 3.8) is 0 Å². The largest absolute Gasteiger partial charge is 0.466 e. The molecule has 0 atom stereocenters. The Balaban J connectivity index is 3.20. The van der Waals surface area contributed by atoms with E-state index in [4.69, 9.17) is 5.26 Å². The molecule has 18 heavy (non-hydrogen) atoms. The highest BCUT2D eigenvalue weighted by atomic mass is 79.9. The Morgan fingerprint density at radius 1 is 1.67 bits per heavy atom. The van der Waals surface area contributed by atoms with E-state index in [1.807, 2.05) is 0 Å². The number of alkyl halides is 2. The molecular formula is C11H9BrF2N2O2. The quantitative estimate of drug-likeness (QED) is 0.632. The van der Waals surface area contributed by atoms with E-state index in [1.165, 1.54) is 6.07 Å². The predicted molar refractivity (Wildman–Crippen MR) is 61.9 cm³/mol. The number of carbonyl (C=O) groups is 1. The molecule has 0 aliphatic carbocycles. The van der Waals surface area contributed by atoms with Gasteiger partial charge in [-0.25, -0.2) is 13.8 Å². The molecule has 0 bridgehead atoms. The summed E-state index contributed by atoms with van der Waals surface area (Å²) in [6, 6.07) is 2.85. The van der Waals surface area contributed by atoms with Crippen LogP contribution in [0.15, 0.2) is 10.7 Å². The smallest absolute Gasteiger partial charge is 0.311 e. The van der Waals surface area contributed by atoms with Crippen LogP contribution in [-0.4, -0.2) is 17.6 Å². The summed E-state index contributed by atoms with van der Waals surface area (Å²) in [5, 5.41) is 8.81. The molecule has 0 saturated carbocycles. The highest BCUT2D eigenvalue weighted by Crippen LogP contribution is 2.28. The van der Waals surface area contributed by atoms with Gasteiger partial charge in [0.05, 0.1) is 35.9 Å². The minimum atomic E-state index is -2.87. The van der Waals surface area contributed by atoms with Crippen LogP contribution >= 0.6 is 15.9 Å². The number of nitrogens with zero attached hydrogens (tertiary/aromatic N) is 2. The molecule has 0 saturated heterocycles. The van der Waals surface area contributed by atoms with Crippen molar-refractivity contribution in [2.45, 2.75) is 19.8 Å². The van der Waals surface area contributed by atoms with Crippen LogP contribution < -0.4 is 0 Å². The molecule has 1 heterocycles. The number of pyridine rings is 1. The Labute approximate surface area is 111 Å². The van der Waals surface area contributed by atoms with Crippen LogP contribution in [0.25, 0.3) is 0 Å². The lowest BCUT2D eigenvalue weighted by Gasteiger charge is -2.10. The molecule has 1 aromatic rings. The van der Waals surface area contributed by atoms with Gasteiger partial charge in [-0.15, -0.1) is 0 Å². The van der Waals surface area contributed by atoms with Crippen molar-refractivity contribution in [3.8, 4) is 6.07 Å². The van der Waals surface area contributed by atoms with E-state index >= 15 is 0 Å². The number of hydrogen-bond acceptors (Lipinski definition) is 4. The van der Waals surface area contributed by atoms with Gasteiger partial charge in [0.1, 0.15) is 4.60 Å². The average Bonchev–Trinajstić information content (AvgIpc) is 2.27. The fraction of sp³-hybridized carbons (Fsp3) is 0.364. The summed E-state index contributed by atoms with van der Waals surface area (Å²) in [5.41, 5.74) is -0.866. The fourth-order valence-electron chi connectivity index (χ4n) is 1.39. The summed E-state index contributed by atoms with van der Waals surface area (Å²) < 4.78 is 30.7. The van der Waals surface area contributed by atoms with Gasteiger partial charge in [-0.05, 0) is 28.9 Å². The monoisotopic (exact) mass is 318 g/mol. The number of nitriles is 1. The second-order valence-electron chi connectivity index (χ2n) is 3.25. The highest BCUT2D eigenvalue weighted by Gasteiger charge is 2.22. The van der Waals surface area contributed by atoms with Gasteiger partial charge in [0.15, 0.2) is 0 Å². The van der Waals surface area contributed by atoms with E-state index in [0.717, 1.165) is 0 Å². The number of carbonyl (C=O) groups excluding carboxylic acids is 1. The van der Waals surface area contributed by atoms with E-state index in [2.05, 4.69) is 25.7 Å². The van der Waals surface area contributed by atoms with E-state index in [-0.39, 0.29) is 28.9 Å². The topological polar surface area (TPSA) is 63.0 Å². The van der Waals surface area contributed by atoms with Crippen LogP contribution in [0, 0.1) is 11.3 Å². The zero-order chi connectivity index (χ0) is 13.7. The molecule has 0 aliphatic heterocycles. The number of esters is 1. The van der Waals surface area contributed by atoms with Crippen molar-refractivity contribution in [3.05, 3.63) is 27.5 Å². The molecule has 1 rings (SSSR count). The first kappa shape index (κ1) is 14.5. The SMILES string of the molecule is CCOC(=O)Cc1nc(Br)cc(C#N)c1C(F)F. The van der Waals surface area contributed by atoms with Crippen LogP contribution in [-0.2, 0) is 16.0 Å². The third-order valence-corrected chi connectivity index (χ3v) is 2.47. The van der Waals surface area contributed by atoms with Gasteiger partial charge in [0.25, 0.3) is 6.43 Å². The Hall–Kier alpha value is -1.55. The van der Waals surface area contributed by atoms with Crippen molar-refractivity contribution < 1.29 is 18.3 Å². The summed E-state index contributed by atoms with van der Waals surface area (Å²) in [4.78, 5) is 15.1. The Morgan fingerprint density at radius 2 is 2.33 bits per heavy atom. The Kier molecular flexibility index (Phi) is 5.16. The van der Waals surface area contributed by atoms with Gasteiger partial charge in [-0.3, -0.25) is 4.79 Å². The first-order chi connectivity index (χ1) is 8.49. The molecule has 96 valence electrons. The maximum absolute atomic E-state index is 12.9. The summed E-state index contributed by atoms with van der Waals surface area (Å²) in [7, 11) is 0. The third-order valence-electron chi connectivity index (χ3n) is 2.06. The molecule has 0 amide bonds. The van der Waals surface area contributed by atoms with Gasteiger partial charge in [-0.1, -0.05) is 0 Å². The lowest BCUT2D eigenvalue weighted by Crippen LogP contribution is -2.12. The minimum Gasteiger partial charge on any atom is -0.466 e. The average molecular weight is 319 g/mol. The summed E-state index contributed by atoms with van der Waals surface area (Å²) >= 11 is 3.01. The summed E-state index contributed by atoms with van der Waals surface area (Å²) in [5.74, 6) is -0.658. The van der Waals surface area contributed by atoms with Crippen molar-refractivity contribution in [1.29, 1.82) is 5.26 Å². The molecule has 0 aliphatic rings. The Morgan fingerprint density at radius 3 is 2.83 bits per heavy atom. The number of hydrogen-bond donors (Lipinski definition) is 0. The lowest BCUT2D eigenvalue weighted by atomic mass is 10.1. The number of rotatable bonds is 4. The second kappa shape index (κ2) is 6.40. The van der Waals surface area contributed by atoms with Crippen LogP contribution in [0.4, 0.5) is 8.78 Å². The van der Waals surface area contributed by atoms with Crippen molar-refractivity contribution in [2.75, 3.05) is 6.61 Å². The molecule has 0 spiro atoms. The van der Waals surface area contributed by atoms with Gasteiger partial charge >= 0.3 is 5.97 Å². The molecule has 0 aromatic carbocycles. The van der Waals surface area contributed by atoms with Crippen LogP contribution in [0.3, 0.4) is 0 Å². The van der Waals surface area contributed by atoms with E-state index in [1.54, 1.807) is 13.0 Å². The summed E-state index contributed by atoms with van der Waals surface area (Å²) in [6.07, 6.45) is -3.26. The zero-order valence-corrected chi connectivity index (χ0v) is 11.0. The van der Waals surface area contributed by atoms with Gasteiger partial charge < -0.3 is 4.74 Å². The normalized spacial score (nSPS) is 10.2. The maximum Gasteiger partial charge on any atom is 0.311 e. The molecule has 0 radical (unpaired) electrons. The molecular weight excluding hydrogens is 310 g/mol. The van der Waals surface area contributed by atoms with Crippen LogP contribution in [0.1, 0.15) is 30.2 Å². The Bertz CT molecular complexity index is 501. The molecule has 0 unspecified atom stereocenters. The van der Waals surface area contributed by atoms with Gasteiger partial charge in [-0.2, -0.15) is 5.26 Å². The third kappa shape index (κ3) is 3.47. The number of ether oxygens (including phenoxy) is 1. The molecule has 0 N–H and O–H groups in total. The van der Waals surface area contributed by atoms with Gasteiger partial charge in [0.2, 0.25) is 0 Å². The predicted octanol–water partition coefficient (Wildman–Crippen LogP) is 2.76. The first-order valence-electron chi connectivity index (χ1n) is 5.02. The number of aromatic nitrogens is 1. The zero-order valence-electron chi connectivity index (χ0n) is 9.41. The maximum atomic E-state index is 12.9. The lowest BCUT2D eigenvalue weighted by molar-refractivity contribution is -0.142. The molecule has 1 aromatic heterocycles.